The van der Waals surface area contributed by atoms with Gasteiger partial charge in [-0.2, -0.15) is 0 Å². The van der Waals surface area contributed by atoms with Crippen LogP contribution >= 0.6 is 0 Å². The molecule has 0 atom stereocenters. The van der Waals surface area contributed by atoms with Crippen LogP contribution in [0.15, 0.2) is 48.5 Å². The normalized spacial score (nSPS) is 10.8. The summed E-state index contributed by atoms with van der Waals surface area (Å²) in [6.07, 6.45) is -0.140. The number of aryl methyl sites for hydroxylation is 1. The zero-order valence-electron chi connectivity index (χ0n) is 17.9. The van der Waals surface area contributed by atoms with Gasteiger partial charge in [0.2, 0.25) is 11.8 Å². The van der Waals surface area contributed by atoms with Gasteiger partial charge in [-0.3, -0.25) is 9.59 Å². The van der Waals surface area contributed by atoms with Crippen LogP contribution in [0.4, 0.5) is 16.2 Å². The summed E-state index contributed by atoms with van der Waals surface area (Å²) in [7, 11) is 0. The summed E-state index contributed by atoms with van der Waals surface area (Å²) in [4.78, 5) is 35.7. The molecule has 7 nitrogen and oxygen atoms in total. The molecule has 0 radical (unpaired) electrons. The van der Waals surface area contributed by atoms with Gasteiger partial charge in [0.25, 0.3) is 0 Å². The molecule has 0 aromatic heterocycles. The van der Waals surface area contributed by atoms with Crippen LogP contribution in [0, 0.1) is 6.92 Å². The number of nitrogens with one attached hydrogen (secondary N) is 3. The lowest BCUT2D eigenvalue weighted by atomic mass is 10.1. The number of alkyl carbamates (subject to hydrolysis) is 1. The van der Waals surface area contributed by atoms with Crippen LogP contribution in [-0.4, -0.2) is 30.1 Å². The average molecular weight is 412 g/mol. The summed E-state index contributed by atoms with van der Waals surface area (Å²) in [5.41, 5.74) is 2.77. The van der Waals surface area contributed by atoms with E-state index in [1.807, 2.05) is 31.2 Å². The molecule has 2 rings (SSSR count). The van der Waals surface area contributed by atoms with Gasteiger partial charge in [0.05, 0.1) is 6.42 Å². The minimum absolute atomic E-state index is 0.108. The first-order valence-corrected chi connectivity index (χ1v) is 9.83. The summed E-state index contributed by atoms with van der Waals surface area (Å²) < 4.78 is 5.11. The van der Waals surface area contributed by atoms with Crippen molar-refractivity contribution < 1.29 is 19.1 Å². The van der Waals surface area contributed by atoms with Crippen molar-refractivity contribution in [1.29, 1.82) is 0 Å². The molecule has 30 heavy (non-hydrogen) atoms. The number of carbonyl (C=O) groups excluding carboxylic acids is 3. The maximum Gasteiger partial charge on any atom is 0.407 e. The fraction of sp³-hybridized carbons (Fsp3) is 0.348. The number of hydrogen-bond acceptors (Lipinski definition) is 4. The van der Waals surface area contributed by atoms with E-state index in [0.29, 0.717) is 17.8 Å². The second-order valence-corrected chi connectivity index (χ2v) is 8.01. The van der Waals surface area contributed by atoms with Crippen LogP contribution in [0.1, 0.15) is 38.3 Å². The SMILES string of the molecule is Cc1ccc(CC(=O)Nc2ccc(NC(=O)CCNC(=O)OC(C)(C)C)cc2)cc1. The van der Waals surface area contributed by atoms with Gasteiger partial charge in [-0.25, -0.2) is 4.79 Å². The fourth-order valence-corrected chi connectivity index (χ4v) is 2.55. The monoisotopic (exact) mass is 411 g/mol. The minimum Gasteiger partial charge on any atom is -0.444 e. The number of amides is 3. The summed E-state index contributed by atoms with van der Waals surface area (Å²) >= 11 is 0. The Kier molecular flexibility index (Phi) is 7.98. The number of anilines is 2. The smallest absolute Gasteiger partial charge is 0.407 e. The van der Waals surface area contributed by atoms with E-state index in [1.54, 1.807) is 45.0 Å². The summed E-state index contributed by atoms with van der Waals surface area (Å²) in [5, 5.41) is 8.12. The summed E-state index contributed by atoms with van der Waals surface area (Å²) in [6.45, 7) is 7.49. The van der Waals surface area contributed by atoms with Gasteiger partial charge in [-0.15, -0.1) is 0 Å². The highest BCUT2D eigenvalue weighted by atomic mass is 16.6. The molecule has 2 aromatic carbocycles. The Bertz CT molecular complexity index is 869. The van der Waals surface area contributed by atoms with Gasteiger partial charge in [0.1, 0.15) is 5.60 Å². The van der Waals surface area contributed by atoms with Gasteiger partial charge < -0.3 is 20.7 Å². The molecule has 3 amide bonds. The molecule has 7 heteroatoms. The molecule has 0 unspecified atom stereocenters. The van der Waals surface area contributed by atoms with Gasteiger partial charge >= 0.3 is 6.09 Å². The van der Waals surface area contributed by atoms with Crippen molar-refractivity contribution in [3.63, 3.8) is 0 Å². The highest BCUT2D eigenvalue weighted by Crippen LogP contribution is 2.14. The van der Waals surface area contributed by atoms with Crippen molar-refractivity contribution in [1.82, 2.24) is 5.32 Å². The predicted molar refractivity (Wildman–Crippen MR) is 117 cm³/mol. The van der Waals surface area contributed by atoms with Crippen molar-refractivity contribution in [2.24, 2.45) is 0 Å². The van der Waals surface area contributed by atoms with Crippen LogP contribution in [0.5, 0.6) is 0 Å². The quantitative estimate of drug-likeness (QED) is 0.641. The Morgan fingerprint density at radius 2 is 1.37 bits per heavy atom. The Morgan fingerprint density at radius 3 is 1.90 bits per heavy atom. The maximum absolute atomic E-state index is 12.2. The first-order chi connectivity index (χ1) is 14.1. The Morgan fingerprint density at radius 1 is 0.833 bits per heavy atom. The molecule has 0 bridgehead atoms. The van der Waals surface area contributed by atoms with Crippen molar-refractivity contribution in [3.8, 4) is 0 Å². The van der Waals surface area contributed by atoms with Crippen molar-refractivity contribution in [2.75, 3.05) is 17.2 Å². The molecule has 0 saturated carbocycles. The summed E-state index contributed by atoms with van der Waals surface area (Å²) in [5.74, 6) is -0.342. The lowest BCUT2D eigenvalue weighted by molar-refractivity contribution is -0.116. The average Bonchev–Trinajstić information content (AvgIpc) is 2.64. The highest BCUT2D eigenvalue weighted by Gasteiger charge is 2.15. The number of benzene rings is 2. The summed E-state index contributed by atoms with van der Waals surface area (Å²) in [6, 6.07) is 14.7. The van der Waals surface area contributed by atoms with Gasteiger partial charge in [0, 0.05) is 24.3 Å². The first-order valence-electron chi connectivity index (χ1n) is 9.83. The third kappa shape index (κ3) is 8.77. The van der Waals surface area contributed by atoms with Crippen molar-refractivity contribution >= 4 is 29.3 Å². The predicted octanol–water partition coefficient (Wildman–Crippen LogP) is 4.03. The van der Waals surface area contributed by atoms with Crippen LogP contribution < -0.4 is 16.0 Å². The van der Waals surface area contributed by atoms with E-state index in [1.165, 1.54) is 0 Å². The van der Waals surface area contributed by atoms with Gasteiger partial charge in [0.15, 0.2) is 0 Å². The lowest BCUT2D eigenvalue weighted by Crippen LogP contribution is -2.34. The standard InChI is InChI=1S/C23H29N3O4/c1-16-5-7-17(8-6-16)15-21(28)26-19-11-9-18(10-12-19)25-20(27)13-14-24-22(29)30-23(2,3)4/h5-12H,13-15H2,1-4H3,(H,24,29)(H,25,27)(H,26,28). The molecule has 0 aliphatic heterocycles. The van der Waals surface area contributed by atoms with Crippen LogP contribution in [0.2, 0.25) is 0 Å². The molecule has 2 aromatic rings. The number of ether oxygens (including phenoxy) is 1. The second kappa shape index (κ2) is 10.4. The molecule has 0 fully saturated rings. The van der Waals surface area contributed by atoms with E-state index in [4.69, 9.17) is 4.74 Å². The van der Waals surface area contributed by atoms with Crippen molar-refractivity contribution in [3.05, 3.63) is 59.7 Å². The number of hydrogen-bond donors (Lipinski definition) is 3. The van der Waals surface area contributed by atoms with E-state index >= 15 is 0 Å². The van der Waals surface area contributed by atoms with E-state index < -0.39 is 11.7 Å². The Hall–Kier alpha value is -3.35. The zero-order valence-corrected chi connectivity index (χ0v) is 17.9. The number of rotatable bonds is 7. The fourth-order valence-electron chi connectivity index (χ4n) is 2.55. The molecule has 3 N–H and O–H groups in total. The maximum atomic E-state index is 12.2. The molecule has 160 valence electrons. The van der Waals surface area contributed by atoms with E-state index in [0.717, 1.165) is 11.1 Å². The van der Waals surface area contributed by atoms with Crippen LogP contribution in [0.25, 0.3) is 0 Å². The Labute approximate surface area is 177 Å². The highest BCUT2D eigenvalue weighted by molar-refractivity contribution is 5.93. The van der Waals surface area contributed by atoms with E-state index in [-0.39, 0.29) is 24.8 Å². The topological polar surface area (TPSA) is 96.5 Å². The molecule has 0 aliphatic carbocycles. The molecule has 0 spiro atoms. The number of carbonyl (C=O) groups is 3. The molecule has 0 saturated heterocycles. The molecule has 0 aliphatic rings. The molecular formula is C23H29N3O4. The van der Waals surface area contributed by atoms with Crippen LogP contribution in [-0.2, 0) is 20.7 Å². The minimum atomic E-state index is -0.580. The second-order valence-electron chi connectivity index (χ2n) is 8.01. The third-order valence-corrected chi connectivity index (χ3v) is 3.96. The first kappa shape index (κ1) is 22.9. The van der Waals surface area contributed by atoms with E-state index in [9.17, 15) is 14.4 Å². The van der Waals surface area contributed by atoms with Gasteiger partial charge in [-0.05, 0) is 57.5 Å². The third-order valence-electron chi connectivity index (χ3n) is 3.96. The largest absolute Gasteiger partial charge is 0.444 e. The van der Waals surface area contributed by atoms with E-state index in [2.05, 4.69) is 16.0 Å². The van der Waals surface area contributed by atoms with Gasteiger partial charge in [-0.1, -0.05) is 29.8 Å². The zero-order chi connectivity index (χ0) is 22.1. The molecule has 0 heterocycles. The van der Waals surface area contributed by atoms with Crippen molar-refractivity contribution in [2.45, 2.75) is 46.1 Å². The molecular weight excluding hydrogens is 382 g/mol. The van der Waals surface area contributed by atoms with Crippen LogP contribution in [0.3, 0.4) is 0 Å². The Balaban J connectivity index is 1.74. The lowest BCUT2D eigenvalue weighted by Gasteiger charge is -2.19.